The summed E-state index contributed by atoms with van der Waals surface area (Å²) in [5.74, 6) is 0.439. The predicted molar refractivity (Wildman–Crippen MR) is 91.6 cm³/mol. The Bertz CT molecular complexity index is 797. The molecule has 6 heteroatoms. The maximum absolute atomic E-state index is 6.01. The van der Waals surface area contributed by atoms with E-state index in [0.29, 0.717) is 15.9 Å². The van der Waals surface area contributed by atoms with Crippen LogP contribution in [-0.4, -0.2) is 10.2 Å². The molecule has 2 aromatic carbocycles. The molecule has 106 valence electrons. The molecular weight excluding hydrogens is 373 g/mol. The summed E-state index contributed by atoms with van der Waals surface area (Å²) in [6.07, 6.45) is 0. The van der Waals surface area contributed by atoms with Crippen LogP contribution in [0.15, 0.2) is 46.9 Å². The zero-order valence-corrected chi connectivity index (χ0v) is 13.8. The van der Waals surface area contributed by atoms with Crippen LogP contribution < -0.4 is 5.73 Å². The van der Waals surface area contributed by atoms with E-state index in [9.17, 15) is 0 Å². The van der Waals surface area contributed by atoms with Crippen LogP contribution >= 0.6 is 39.1 Å². The maximum atomic E-state index is 6.01. The quantitative estimate of drug-likeness (QED) is 0.623. The summed E-state index contributed by atoms with van der Waals surface area (Å²) in [6, 6.07) is 13.0. The number of nitrogens with one attached hydrogen (secondary N) is 1. The topological polar surface area (TPSA) is 54.7 Å². The number of benzene rings is 2. The lowest BCUT2D eigenvalue weighted by Crippen LogP contribution is -1.89. The highest BCUT2D eigenvalue weighted by atomic mass is 79.9. The van der Waals surface area contributed by atoms with Crippen LogP contribution in [0.3, 0.4) is 0 Å². The van der Waals surface area contributed by atoms with E-state index in [-0.39, 0.29) is 0 Å². The van der Waals surface area contributed by atoms with Crippen molar-refractivity contribution < 1.29 is 0 Å². The van der Waals surface area contributed by atoms with Gasteiger partial charge in [-0.05, 0) is 29.8 Å². The van der Waals surface area contributed by atoms with E-state index in [4.69, 9.17) is 28.9 Å². The Labute approximate surface area is 140 Å². The Morgan fingerprint density at radius 1 is 1.00 bits per heavy atom. The number of hydrogen-bond acceptors (Lipinski definition) is 2. The van der Waals surface area contributed by atoms with Gasteiger partial charge >= 0.3 is 0 Å². The Kier molecular flexibility index (Phi) is 3.93. The van der Waals surface area contributed by atoms with Crippen molar-refractivity contribution in [2.45, 2.75) is 0 Å². The van der Waals surface area contributed by atoms with E-state index in [0.717, 1.165) is 26.9 Å². The first-order valence-electron chi connectivity index (χ1n) is 6.11. The molecule has 0 spiro atoms. The Morgan fingerprint density at radius 3 is 2.33 bits per heavy atom. The van der Waals surface area contributed by atoms with Crippen molar-refractivity contribution in [1.82, 2.24) is 10.2 Å². The van der Waals surface area contributed by atoms with Gasteiger partial charge in [-0.15, -0.1) is 0 Å². The van der Waals surface area contributed by atoms with Gasteiger partial charge in [0, 0.05) is 20.1 Å². The molecule has 21 heavy (non-hydrogen) atoms. The summed E-state index contributed by atoms with van der Waals surface area (Å²) in [5, 5.41) is 8.44. The molecule has 0 saturated carbocycles. The van der Waals surface area contributed by atoms with E-state index < -0.39 is 0 Å². The lowest BCUT2D eigenvalue weighted by molar-refractivity contribution is 1.10. The van der Waals surface area contributed by atoms with Crippen molar-refractivity contribution in [3.8, 4) is 22.4 Å². The third kappa shape index (κ3) is 2.79. The highest BCUT2D eigenvalue weighted by Crippen LogP contribution is 2.38. The fourth-order valence-electron chi connectivity index (χ4n) is 2.15. The van der Waals surface area contributed by atoms with Crippen molar-refractivity contribution in [3.63, 3.8) is 0 Å². The first-order chi connectivity index (χ1) is 10.1. The highest BCUT2D eigenvalue weighted by Gasteiger charge is 2.16. The van der Waals surface area contributed by atoms with Crippen LogP contribution in [0.1, 0.15) is 0 Å². The highest BCUT2D eigenvalue weighted by molar-refractivity contribution is 9.10. The summed E-state index contributed by atoms with van der Waals surface area (Å²) < 4.78 is 0.869. The first-order valence-corrected chi connectivity index (χ1v) is 7.66. The smallest absolute Gasteiger partial charge is 0.153 e. The van der Waals surface area contributed by atoms with Crippen LogP contribution in [0.25, 0.3) is 22.4 Å². The lowest BCUT2D eigenvalue weighted by Gasteiger charge is -2.07. The van der Waals surface area contributed by atoms with Gasteiger partial charge in [0.15, 0.2) is 5.82 Å². The summed E-state index contributed by atoms with van der Waals surface area (Å²) in [4.78, 5) is 0. The van der Waals surface area contributed by atoms with Gasteiger partial charge in [-0.25, -0.2) is 0 Å². The number of nitrogen functional groups attached to an aromatic ring is 1. The molecule has 0 fully saturated rings. The average Bonchev–Trinajstić information content (AvgIpc) is 2.82. The molecule has 0 bridgehead atoms. The number of anilines is 1. The summed E-state index contributed by atoms with van der Waals surface area (Å²) in [7, 11) is 0. The summed E-state index contributed by atoms with van der Waals surface area (Å²) in [5.41, 5.74) is 9.57. The van der Waals surface area contributed by atoms with Crippen LogP contribution in [0.5, 0.6) is 0 Å². The molecule has 1 heterocycles. The van der Waals surface area contributed by atoms with Crippen molar-refractivity contribution in [1.29, 1.82) is 0 Å². The molecule has 0 aliphatic heterocycles. The number of nitrogens with zero attached hydrogens (tertiary/aromatic N) is 1. The Hall–Kier alpha value is -1.49. The fourth-order valence-corrected chi connectivity index (χ4v) is 3.16. The SMILES string of the molecule is Nc1n[nH]c(-c2ccc(Cl)cc2Br)c1-c1ccc(Cl)cc1. The molecule has 0 saturated heterocycles. The standard InChI is InChI=1S/C15H10BrCl2N3/c16-12-7-10(18)5-6-11(12)14-13(15(19)21-20-14)8-1-3-9(17)4-2-8/h1-7H,(H3,19,20,21). The van der Waals surface area contributed by atoms with Gasteiger partial charge < -0.3 is 5.73 Å². The number of aromatic amines is 1. The predicted octanol–water partition coefficient (Wildman–Crippen LogP) is 5.40. The molecule has 0 aliphatic rings. The molecule has 0 aliphatic carbocycles. The number of halogens is 3. The summed E-state index contributed by atoms with van der Waals surface area (Å²) >= 11 is 15.4. The maximum Gasteiger partial charge on any atom is 0.153 e. The Morgan fingerprint density at radius 2 is 1.67 bits per heavy atom. The first kappa shape index (κ1) is 14.4. The van der Waals surface area contributed by atoms with Crippen molar-refractivity contribution in [2.75, 3.05) is 5.73 Å². The number of nitrogens with two attached hydrogens (primary N) is 1. The van der Waals surface area contributed by atoms with Gasteiger partial charge in [0.25, 0.3) is 0 Å². The third-order valence-electron chi connectivity index (χ3n) is 3.13. The largest absolute Gasteiger partial charge is 0.382 e. The van der Waals surface area contributed by atoms with E-state index in [1.54, 1.807) is 0 Å². The van der Waals surface area contributed by atoms with Gasteiger partial charge in [-0.3, -0.25) is 5.10 Å². The van der Waals surface area contributed by atoms with Gasteiger partial charge in [0.05, 0.1) is 11.3 Å². The monoisotopic (exact) mass is 381 g/mol. The molecule has 1 aromatic heterocycles. The second kappa shape index (κ2) is 5.72. The van der Waals surface area contributed by atoms with E-state index in [1.807, 2.05) is 42.5 Å². The van der Waals surface area contributed by atoms with Gasteiger partial charge in [0.2, 0.25) is 0 Å². The van der Waals surface area contributed by atoms with Crippen LogP contribution in [0.4, 0.5) is 5.82 Å². The van der Waals surface area contributed by atoms with Crippen LogP contribution in [0.2, 0.25) is 10.0 Å². The van der Waals surface area contributed by atoms with Crippen molar-refractivity contribution in [3.05, 3.63) is 57.0 Å². The Balaban J connectivity index is 2.19. The van der Waals surface area contributed by atoms with Crippen LogP contribution in [-0.2, 0) is 0 Å². The second-order valence-corrected chi connectivity index (χ2v) is 6.22. The third-order valence-corrected chi connectivity index (χ3v) is 4.27. The fraction of sp³-hybridized carbons (Fsp3) is 0. The molecular formula is C15H10BrCl2N3. The summed E-state index contributed by atoms with van der Waals surface area (Å²) in [6.45, 7) is 0. The molecule has 0 atom stereocenters. The van der Waals surface area contributed by atoms with Crippen LogP contribution in [0, 0.1) is 0 Å². The van der Waals surface area contributed by atoms with E-state index in [2.05, 4.69) is 26.1 Å². The normalized spacial score (nSPS) is 10.8. The second-order valence-electron chi connectivity index (χ2n) is 4.49. The number of rotatable bonds is 2. The molecule has 0 unspecified atom stereocenters. The zero-order chi connectivity index (χ0) is 15.0. The molecule has 3 aromatic rings. The number of hydrogen-bond donors (Lipinski definition) is 2. The minimum Gasteiger partial charge on any atom is -0.382 e. The zero-order valence-electron chi connectivity index (χ0n) is 10.7. The van der Waals surface area contributed by atoms with Crippen molar-refractivity contribution >= 4 is 44.9 Å². The molecule has 0 amide bonds. The van der Waals surface area contributed by atoms with E-state index in [1.165, 1.54) is 0 Å². The minimum atomic E-state index is 0.439. The lowest BCUT2D eigenvalue weighted by atomic mass is 10.0. The molecule has 3 nitrogen and oxygen atoms in total. The van der Waals surface area contributed by atoms with E-state index >= 15 is 0 Å². The van der Waals surface area contributed by atoms with Gasteiger partial charge in [-0.2, -0.15) is 5.10 Å². The average molecular weight is 383 g/mol. The van der Waals surface area contributed by atoms with Gasteiger partial charge in [-0.1, -0.05) is 57.3 Å². The molecule has 3 N–H and O–H groups in total. The molecule has 3 rings (SSSR count). The minimum absolute atomic E-state index is 0.439. The van der Waals surface area contributed by atoms with Gasteiger partial charge in [0.1, 0.15) is 0 Å². The molecule has 0 radical (unpaired) electrons. The number of aromatic nitrogens is 2. The van der Waals surface area contributed by atoms with Crippen molar-refractivity contribution in [2.24, 2.45) is 0 Å². The number of H-pyrrole nitrogens is 1.